The molecule has 2 aliphatic rings. The van der Waals surface area contributed by atoms with Crippen LogP contribution in [0.3, 0.4) is 0 Å². The van der Waals surface area contributed by atoms with E-state index in [-0.39, 0.29) is 10.6 Å². The Morgan fingerprint density at radius 1 is 1.11 bits per heavy atom. The zero-order valence-corrected chi connectivity index (χ0v) is 16.2. The molecule has 28 heavy (non-hydrogen) atoms. The fourth-order valence-electron chi connectivity index (χ4n) is 4.32. The van der Waals surface area contributed by atoms with E-state index in [4.69, 9.17) is 0 Å². The van der Waals surface area contributed by atoms with E-state index in [0.29, 0.717) is 6.54 Å². The third-order valence-electron chi connectivity index (χ3n) is 5.93. The number of amidine groups is 1. The van der Waals surface area contributed by atoms with Crippen LogP contribution in [0.15, 0.2) is 48.5 Å². The van der Waals surface area contributed by atoms with Crippen LogP contribution in [-0.4, -0.2) is 33.5 Å². The highest BCUT2D eigenvalue weighted by Crippen LogP contribution is 2.35. The molecular formula is C22H26N3O3+. The van der Waals surface area contributed by atoms with Crippen molar-refractivity contribution in [3.05, 3.63) is 69.8 Å². The van der Waals surface area contributed by atoms with Gasteiger partial charge in [0.1, 0.15) is 5.69 Å². The summed E-state index contributed by atoms with van der Waals surface area (Å²) in [4.78, 5) is 12.7. The van der Waals surface area contributed by atoms with Crippen molar-refractivity contribution in [2.24, 2.45) is 0 Å². The van der Waals surface area contributed by atoms with E-state index in [9.17, 15) is 15.2 Å². The molecule has 0 saturated carbocycles. The Kier molecular flexibility index (Phi) is 4.89. The van der Waals surface area contributed by atoms with Crippen LogP contribution in [0.2, 0.25) is 0 Å². The molecule has 2 aromatic carbocycles. The molecule has 2 aliphatic heterocycles. The molecule has 0 spiro atoms. The van der Waals surface area contributed by atoms with E-state index >= 15 is 0 Å². The lowest BCUT2D eigenvalue weighted by atomic mass is 9.99. The van der Waals surface area contributed by atoms with Gasteiger partial charge in [-0.2, -0.15) is 0 Å². The molecule has 146 valence electrons. The fourth-order valence-corrected chi connectivity index (χ4v) is 4.32. The SMILES string of the molecule is CCc1ccc([C@]2(O)CN(c3ccc([N+](=O)[O-])cc3)C3=[N+]2CCCCC3)cc1. The highest BCUT2D eigenvalue weighted by atomic mass is 16.6. The minimum atomic E-state index is -1.09. The van der Waals surface area contributed by atoms with Crippen LogP contribution in [-0.2, 0) is 12.1 Å². The van der Waals surface area contributed by atoms with Crippen LogP contribution in [0.5, 0.6) is 0 Å². The van der Waals surface area contributed by atoms with E-state index in [0.717, 1.165) is 55.7 Å². The van der Waals surface area contributed by atoms with Gasteiger partial charge >= 0.3 is 0 Å². The highest BCUT2D eigenvalue weighted by molar-refractivity contribution is 5.96. The molecule has 2 heterocycles. The average molecular weight is 380 g/mol. The number of rotatable bonds is 4. The first-order valence-electron chi connectivity index (χ1n) is 10.00. The zero-order valence-electron chi connectivity index (χ0n) is 16.2. The van der Waals surface area contributed by atoms with Crippen LogP contribution in [0.4, 0.5) is 11.4 Å². The van der Waals surface area contributed by atoms with Gasteiger partial charge in [0.2, 0.25) is 0 Å². The smallest absolute Gasteiger partial charge is 0.271 e. The standard InChI is InChI=1S/C22H26N3O3/c1-2-17-7-9-18(10-8-17)22(26)16-23(21-6-4-3-5-15-24(21)22)19-11-13-20(14-12-19)25(27)28/h7-14,26H,2-6,15-16H2,1H3/q+1/t22-/m1/s1. The quantitative estimate of drug-likeness (QED) is 0.497. The zero-order chi connectivity index (χ0) is 19.7. The summed E-state index contributed by atoms with van der Waals surface area (Å²) >= 11 is 0. The first-order chi connectivity index (χ1) is 13.5. The largest absolute Gasteiger partial charge is 0.346 e. The maximum atomic E-state index is 11.8. The predicted octanol–water partition coefficient (Wildman–Crippen LogP) is 3.81. The summed E-state index contributed by atoms with van der Waals surface area (Å²) in [5.74, 6) is 1.11. The lowest BCUT2D eigenvalue weighted by Gasteiger charge is -2.23. The van der Waals surface area contributed by atoms with E-state index in [1.54, 1.807) is 12.1 Å². The van der Waals surface area contributed by atoms with Gasteiger partial charge in [0.05, 0.1) is 11.5 Å². The molecule has 4 rings (SSSR count). The molecule has 6 heteroatoms. The van der Waals surface area contributed by atoms with E-state index in [1.807, 2.05) is 12.1 Å². The molecule has 2 aromatic rings. The number of nitrogens with zero attached hydrogens (tertiary/aromatic N) is 3. The monoisotopic (exact) mass is 380 g/mol. The number of aryl methyl sites for hydroxylation is 1. The summed E-state index contributed by atoms with van der Waals surface area (Å²) in [5.41, 5.74) is 2.02. The Labute approximate surface area is 164 Å². The summed E-state index contributed by atoms with van der Waals surface area (Å²) in [6.07, 6.45) is 5.13. The van der Waals surface area contributed by atoms with Gasteiger partial charge in [-0.05, 0) is 43.4 Å². The summed E-state index contributed by atoms with van der Waals surface area (Å²) < 4.78 is 2.14. The minimum absolute atomic E-state index is 0.0797. The van der Waals surface area contributed by atoms with E-state index < -0.39 is 5.72 Å². The number of benzene rings is 2. The van der Waals surface area contributed by atoms with Gasteiger partial charge in [0.25, 0.3) is 17.2 Å². The molecule has 0 fully saturated rings. The molecular weight excluding hydrogens is 354 g/mol. The molecule has 0 saturated heterocycles. The number of β-amino-alcohol motifs (C(OH)–C–C–N with tert-alkyl or cyclic N) is 1. The second-order valence-electron chi connectivity index (χ2n) is 7.61. The van der Waals surface area contributed by atoms with Gasteiger partial charge in [-0.15, -0.1) is 0 Å². The summed E-state index contributed by atoms with van der Waals surface area (Å²) in [7, 11) is 0. The maximum absolute atomic E-state index is 11.8. The number of aliphatic hydroxyl groups is 1. The molecule has 6 nitrogen and oxygen atoms in total. The highest BCUT2D eigenvalue weighted by Gasteiger charge is 2.51. The van der Waals surface area contributed by atoms with Crippen molar-refractivity contribution in [1.82, 2.24) is 0 Å². The topological polar surface area (TPSA) is 69.6 Å². The average Bonchev–Trinajstić information content (AvgIpc) is 2.87. The molecule has 0 bridgehead atoms. The molecule has 0 unspecified atom stereocenters. The van der Waals surface area contributed by atoms with Gasteiger partial charge in [-0.25, -0.2) is 9.48 Å². The second-order valence-corrected chi connectivity index (χ2v) is 7.61. The van der Waals surface area contributed by atoms with Gasteiger partial charge in [-0.1, -0.05) is 31.2 Å². The number of nitro benzene ring substituents is 1. The fraction of sp³-hybridized carbons (Fsp3) is 0.409. The second kappa shape index (κ2) is 7.36. The van der Waals surface area contributed by atoms with Gasteiger partial charge in [0, 0.05) is 24.1 Å². The third kappa shape index (κ3) is 3.18. The molecule has 0 radical (unpaired) electrons. The molecule has 1 atom stereocenters. The first kappa shape index (κ1) is 18.6. The number of anilines is 1. The number of hydrogen-bond donors (Lipinski definition) is 1. The van der Waals surface area contributed by atoms with Crippen molar-refractivity contribution in [1.29, 1.82) is 0 Å². The Morgan fingerprint density at radius 3 is 2.46 bits per heavy atom. The van der Waals surface area contributed by atoms with Gasteiger partial charge < -0.3 is 5.11 Å². The molecule has 0 aromatic heterocycles. The summed E-state index contributed by atoms with van der Waals surface area (Å²) in [6.45, 7) is 3.35. The molecule has 0 amide bonds. The Bertz CT molecular complexity index is 906. The van der Waals surface area contributed by atoms with E-state index in [1.165, 1.54) is 17.7 Å². The van der Waals surface area contributed by atoms with Crippen molar-refractivity contribution in [2.75, 3.05) is 18.0 Å². The number of nitro groups is 1. The Balaban J connectivity index is 1.74. The lowest BCUT2D eigenvalue weighted by Crippen LogP contribution is -2.41. The maximum Gasteiger partial charge on any atom is 0.271 e. The summed E-state index contributed by atoms with van der Waals surface area (Å²) in [5, 5.41) is 22.8. The van der Waals surface area contributed by atoms with E-state index in [2.05, 4.69) is 28.5 Å². The summed E-state index contributed by atoms with van der Waals surface area (Å²) in [6, 6.07) is 14.8. The van der Waals surface area contributed by atoms with Crippen molar-refractivity contribution >= 4 is 17.2 Å². The Hall–Kier alpha value is -2.73. The number of non-ortho nitro benzene ring substituents is 1. The van der Waals surface area contributed by atoms with Crippen molar-refractivity contribution < 1.29 is 14.6 Å². The van der Waals surface area contributed by atoms with Gasteiger partial charge in [0.15, 0.2) is 6.54 Å². The van der Waals surface area contributed by atoms with Crippen molar-refractivity contribution in [3.8, 4) is 0 Å². The molecule has 1 N–H and O–H groups in total. The van der Waals surface area contributed by atoms with Crippen molar-refractivity contribution in [2.45, 2.75) is 44.8 Å². The first-order valence-corrected chi connectivity index (χ1v) is 10.00. The third-order valence-corrected chi connectivity index (χ3v) is 5.93. The van der Waals surface area contributed by atoms with Crippen LogP contribution < -0.4 is 4.90 Å². The van der Waals surface area contributed by atoms with Crippen molar-refractivity contribution in [3.63, 3.8) is 0 Å². The molecule has 0 aliphatic carbocycles. The van der Waals surface area contributed by atoms with Crippen LogP contribution >= 0.6 is 0 Å². The van der Waals surface area contributed by atoms with Gasteiger partial charge in [-0.3, -0.25) is 10.1 Å². The minimum Gasteiger partial charge on any atom is -0.346 e. The Morgan fingerprint density at radius 2 is 1.82 bits per heavy atom. The van der Waals surface area contributed by atoms with Crippen LogP contribution in [0.25, 0.3) is 0 Å². The van der Waals surface area contributed by atoms with Crippen LogP contribution in [0.1, 0.15) is 43.7 Å². The predicted molar refractivity (Wildman–Crippen MR) is 109 cm³/mol. The normalized spacial score (nSPS) is 22.1. The number of hydrogen-bond acceptors (Lipinski definition) is 4. The van der Waals surface area contributed by atoms with Crippen LogP contribution in [0, 0.1) is 10.1 Å². The lowest BCUT2D eigenvalue weighted by molar-refractivity contribution is -0.658.